The summed E-state index contributed by atoms with van der Waals surface area (Å²) >= 11 is 0. The van der Waals surface area contributed by atoms with Crippen LogP contribution in [0.4, 0.5) is 0 Å². The van der Waals surface area contributed by atoms with Crippen LogP contribution in [0.1, 0.15) is 61.3 Å². The molecule has 1 atom stereocenters. The highest BCUT2D eigenvalue weighted by Crippen LogP contribution is 2.20. The monoisotopic (exact) mass is 406 g/mol. The van der Waals surface area contributed by atoms with E-state index in [1.807, 2.05) is 57.2 Å². The average Bonchev–Trinajstić information content (AvgIpc) is 3.22. The zero-order valence-electron chi connectivity index (χ0n) is 18.5. The summed E-state index contributed by atoms with van der Waals surface area (Å²) in [7, 11) is 0. The molecule has 1 aliphatic carbocycles. The van der Waals surface area contributed by atoms with E-state index < -0.39 is 6.04 Å². The maximum Gasteiger partial charge on any atom is 0.243 e. The largest absolute Gasteiger partial charge is 0.352 e. The van der Waals surface area contributed by atoms with Gasteiger partial charge >= 0.3 is 0 Å². The lowest BCUT2D eigenvalue weighted by Gasteiger charge is -2.31. The van der Waals surface area contributed by atoms with Crippen molar-refractivity contribution in [3.8, 4) is 0 Å². The molecule has 4 nitrogen and oxygen atoms in total. The molecule has 2 aromatic carbocycles. The summed E-state index contributed by atoms with van der Waals surface area (Å²) in [5, 5.41) is 3.20. The SMILES string of the molecule is CC[C@@H](C(=O)NC1CCCC1)N(Cc1ccc(C)cc1)C(=O)Cc1cccc(C)c1. The Hall–Kier alpha value is -2.62. The molecule has 1 aliphatic rings. The molecule has 0 aromatic heterocycles. The van der Waals surface area contributed by atoms with Crippen molar-refractivity contribution in [1.82, 2.24) is 10.2 Å². The third-order valence-electron chi connectivity index (χ3n) is 6.00. The van der Waals surface area contributed by atoms with Gasteiger partial charge in [0.15, 0.2) is 0 Å². The van der Waals surface area contributed by atoms with Gasteiger partial charge in [-0.1, -0.05) is 79.4 Å². The van der Waals surface area contributed by atoms with Crippen molar-refractivity contribution < 1.29 is 9.59 Å². The molecule has 3 rings (SSSR count). The Morgan fingerprint density at radius 2 is 1.70 bits per heavy atom. The number of benzene rings is 2. The number of hydrogen-bond acceptors (Lipinski definition) is 2. The van der Waals surface area contributed by atoms with E-state index in [0.717, 1.165) is 29.5 Å². The second-order valence-corrected chi connectivity index (χ2v) is 8.59. The molecule has 1 saturated carbocycles. The zero-order chi connectivity index (χ0) is 21.5. The Morgan fingerprint density at radius 3 is 2.33 bits per heavy atom. The van der Waals surface area contributed by atoms with E-state index in [-0.39, 0.29) is 17.9 Å². The smallest absolute Gasteiger partial charge is 0.243 e. The standard InChI is InChI=1S/C26H34N2O2/c1-4-24(26(30)27-23-10-5-6-11-23)28(18-21-14-12-19(2)13-15-21)25(29)17-22-9-7-8-20(3)16-22/h7-9,12-16,23-24H,4-6,10-11,17-18H2,1-3H3,(H,27,30)/t24-/m0/s1. The molecule has 0 bridgehead atoms. The van der Waals surface area contributed by atoms with E-state index in [9.17, 15) is 9.59 Å². The van der Waals surface area contributed by atoms with Crippen molar-refractivity contribution in [2.24, 2.45) is 0 Å². The summed E-state index contributed by atoms with van der Waals surface area (Å²) < 4.78 is 0. The Morgan fingerprint density at radius 1 is 1.00 bits per heavy atom. The van der Waals surface area contributed by atoms with Gasteiger partial charge in [0.25, 0.3) is 0 Å². The lowest BCUT2D eigenvalue weighted by Crippen LogP contribution is -2.51. The van der Waals surface area contributed by atoms with E-state index in [4.69, 9.17) is 0 Å². The molecule has 0 unspecified atom stereocenters. The number of hydrogen-bond donors (Lipinski definition) is 1. The molecule has 0 saturated heterocycles. The van der Waals surface area contributed by atoms with Gasteiger partial charge in [0.1, 0.15) is 6.04 Å². The van der Waals surface area contributed by atoms with Gasteiger partial charge in [-0.15, -0.1) is 0 Å². The number of carbonyl (C=O) groups excluding carboxylic acids is 2. The van der Waals surface area contributed by atoms with Crippen LogP contribution in [0.2, 0.25) is 0 Å². The highest BCUT2D eigenvalue weighted by molar-refractivity contribution is 5.88. The maximum absolute atomic E-state index is 13.4. The van der Waals surface area contributed by atoms with Crippen LogP contribution in [-0.2, 0) is 22.6 Å². The van der Waals surface area contributed by atoms with E-state index >= 15 is 0 Å². The molecular formula is C26H34N2O2. The van der Waals surface area contributed by atoms with Gasteiger partial charge in [0, 0.05) is 12.6 Å². The predicted octanol–water partition coefficient (Wildman–Crippen LogP) is 4.71. The Labute approximate surface area is 180 Å². The molecule has 2 amide bonds. The van der Waals surface area contributed by atoms with Crippen molar-refractivity contribution in [1.29, 1.82) is 0 Å². The molecule has 2 aromatic rings. The Balaban J connectivity index is 1.81. The minimum Gasteiger partial charge on any atom is -0.352 e. The first-order valence-electron chi connectivity index (χ1n) is 11.2. The third-order valence-corrected chi connectivity index (χ3v) is 6.00. The second kappa shape index (κ2) is 10.4. The Kier molecular flexibility index (Phi) is 7.67. The third kappa shape index (κ3) is 5.94. The van der Waals surface area contributed by atoms with Crippen LogP contribution < -0.4 is 5.32 Å². The summed E-state index contributed by atoms with van der Waals surface area (Å²) in [4.78, 5) is 28.3. The number of nitrogens with one attached hydrogen (secondary N) is 1. The molecule has 1 fully saturated rings. The minimum absolute atomic E-state index is 0.00500. The minimum atomic E-state index is -0.454. The van der Waals surface area contributed by atoms with Crippen LogP contribution in [0.25, 0.3) is 0 Å². The predicted molar refractivity (Wildman–Crippen MR) is 121 cm³/mol. The van der Waals surface area contributed by atoms with Crippen molar-refractivity contribution >= 4 is 11.8 Å². The molecule has 0 heterocycles. The molecule has 30 heavy (non-hydrogen) atoms. The molecule has 160 valence electrons. The number of carbonyl (C=O) groups is 2. The van der Waals surface area contributed by atoms with Gasteiger partial charge in [-0.05, 0) is 44.2 Å². The molecular weight excluding hydrogens is 372 g/mol. The van der Waals surface area contributed by atoms with Crippen molar-refractivity contribution in [3.05, 3.63) is 70.8 Å². The van der Waals surface area contributed by atoms with Gasteiger partial charge in [-0.2, -0.15) is 0 Å². The summed E-state index contributed by atoms with van der Waals surface area (Å²) in [5.74, 6) is -0.0244. The normalized spacial score (nSPS) is 15.0. The lowest BCUT2D eigenvalue weighted by molar-refractivity contribution is -0.141. The van der Waals surface area contributed by atoms with E-state index in [2.05, 4.69) is 17.4 Å². The number of amides is 2. The van der Waals surface area contributed by atoms with Gasteiger partial charge in [-0.25, -0.2) is 0 Å². The molecule has 1 N–H and O–H groups in total. The van der Waals surface area contributed by atoms with Crippen LogP contribution in [-0.4, -0.2) is 28.8 Å². The maximum atomic E-state index is 13.4. The van der Waals surface area contributed by atoms with Crippen LogP contribution in [0.15, 0.2) is 48.5 Å². The highest BCUT2D eigenvalue weighted by Gasteiger charge is 2.30. The Bertz CT molecular complexity index is 854. The summed E-state index contributed by atoms with van der Waals surface area (Å²) in [5.41, 5.74) is 4.35. The van der Waals surface area contributed by atoms with Crippen molar-refractivity contribution in [2.75, 3.05) is 0 Å². The van der Waals surface area contributed by atoms with Crippen molar-refractivity contribution in [3.63, 3.8) is 0 Å². The molecule has 4 heteroatoms. The first-order chi connectivity index (χ1) is 14.5. The second-order valence-electron chi connectivity index (χ2n) is 8.59. The molecule has 0 radical (unpaired) electrons. The zero-order valence-corrected chi connectivity index (χ0v) is 18.5. The average molecular weight is 407 g/mol. The van der Waals surface area contributed by atoms with E-state index in [1.54, 1.807) is 4.90 Å². The van der Waals surface area contributed by atoms with Crippen LogP contribution >= 0.6 is 0 Å². The van der Waals surface area contributed by atoms with Gasteiger partial charge < -0.3 is 10.2 Å². The first-order valence-corrected chi connectivity index (χ1v) is 11.2. The topological polar surface area (TPSA) is 49.4 Å². The summed E-state index contributed by atoms with van der Waals surface area (Å²) in [6.07, 6.45) is 5.32. The highest BCUT2D eigenvalue weighted by atomic mass is 16.2. The van der Waals surface area contributed by atoms with Gasteiger partial charge in [-0.3, -0.25) is 9.59 Å². The lowest BCUT2D eigenvalue weighted by atomic mass is 10.0. The van der Waals surface area contributed by atoms with Crippen LogP contribution in [0.5, 0.6) is 0 Å². The first kappa shape index (κ1) is 22.1. The fourth-order valence-electron chi connectivity index (χ4n) is 4.28. The van der Waals surface area contributed by atoms with Gasteiger partial charge in [0.05, 0.1) is 6.42 Å². The fraction of sp³-hybridized carbons (Fsp3) is 0.462. The van der Waals surface area contributed by atoms with Crippen LogP contribution in [0.3, 0.4) is 0 Å². The van der Waals surface area contributed by atoms with Crippen LogP contribution in [0, 0.1) is 13.8 Å². The molecule has 0 spiro atoms. The number of aryl methyl sites for hydroxylation is 2. The molecule has 0 aliphatic heterocycles. The van der Waals surface area contributed by atoms with Gasteiger partial charge in [0.2, 0.25) is 11.8 Å². The van der Waals surface area contributed by atoms with Crippen molar-refractivity contribution in [2.45, 2.75) is 77.9 Å². The summed E-state index contributed by atoms with van der Waals surface area (Å²) in [6.45, 7) is 6.51. The quantitative estimate of drug-likeness (QED) is 0.690. The fourth-order valence-corrected chi connectivity index (χ4v) is 4.28. The number of nitrogens with zero attached hydrogens (tertiary/aromatic N) is 1. The van der Waals surface area contributed by atoms with E-state index in [1.165, 1.54) is 18.4 Å². The van der Waals surface area contributed by atoms with E-state index in [0.29, 0.717) is 19.4 Å². The number of rotatable bonds is 8. The summed E-state index contributed by atoms with van der Waals surface area (Å²) in [6, 6.07) is 16.0.